The molecule has 2 aromatic carbocycles. The van der Waals surface area contributed by atoms with Crippen molar-refractivity contribution in [2.75, 3.05) is 5.32 Å². The van der Waals surface area contributed by atoms with Crippen LogP contribution in [0.15, 0.2) is 83.9 Å². The van der Waals surface area contributed by atoms with Crippen LogP contribution in [-0.4, -0.2) is 25.0 Å². The molecule has 0 saturated heterocycles. The number of fused-ring (bicyclic) bond motifs is 3. The molecule has 206 valence electrons. The molecule has 2 N–H and O–H groups in total. The Kier molecular flexibility index (Phi) is 6.84. The van der Waals surface area contributed by atoms with Crippen LogP contribution in [-0.2, 0) is 20.6 Å². The summed E-state index contributed by atoms with van der Waals surface area (Å²) in [5.41, 5.74) is 4.67. The Morgan fingerprint density at radius 1 is 1.02 bits per heavy atom. The number of benzene rings is 2. The monoisotopic (exact) mass is 566 g/mol. The van der Waals surface area contributed by atoms with Crippen LogP contribution in [0.25, 0.3) is 32.4 Å². The third-order valence-corrected chi connectivity index (χ3v) is 8.37. The van der Waals surface area contributed by atoms with Gasteiger partial charge in [0.2, 0.25) is 0 Å². The van der Waals surface area contributed by atoms with Gasteiger partial charge in [0.25, 0.3) is 5.91 Å². The standard InChI is InChI=1S/C31H27FN6O2S/c1-18(19-6-9-21(32)10-7-19)36-30(39)23-5-4-14-33-29(23)35-16-22-11-13-27(41-22)20-8-12-25-24(15-20)28-26(17-34-25)37(2)31(40)38(28)3/h4-15,17-18H,16H2,1-3H3,(H,33,35)(H,36,39). The van der Waals surface area contributed by atoms with Gasteiger partial charge in [-0.1, -0.05) is 18.2 Å². The summed E-state index contributed by atoms with van der Waals surface area (Å²) in [6.07, 6.45) is 3.38. The lowest BCUT2D eigenvalue weighted by Gasteiger charge is -2.16. The Morgan fingerprint density at radius 3 is 2.63 bits per heavy atom. The minimum Gasteiger partial charge on any atom is -0.365 e. The summed E-state index contributed by atoms with van der Waals surface area (Å²) in [5, 5.41) is 7.19. The van der Waals surface area contributed by atoms with Crippen LogP contribution in [0, 0.1) is 5.82 Å². The molecule has 4 heterocycles. The SMILES string of the molecule is CC(NC(=O)c1cccnc1NCc1ccc(-c2ccc3ncc4c(c3c2)n(C)c(=O)n4C)s1)c1ccc(F)cc1. The average molecular weight is 567 g/mol. The number of pyridine rings is 2. The van der Waals surface area contributed by atoms with Crippen LogP contribution in [0.3, 0.4) is 0 Å². The van der Waals surface area contributed by atoms with Crippen molar-refractivity contribution in [2.24, 2.45) is 14.1 Å². The molecule has 0 saturated carbocycles. The van der Waals surface area contributed by atoms with Crippen molar-refractivity contribution in [2.45, 2.75) is 19.5 Å². The number of nitrogens with zero attached hydrogens (tertiary/aromatic N) is 4. The van der Waals surface area contributed by atoms with E-state index in [0.29, 0.717) is 17.9 Å². The van der Waals surface area contributed by atoms with E-state index in [-0.39, 0.29) is 23.5 Å². The maximum atomic E-state index is 13.3. The number of aromatic nitrogens is 4. The maximum Gasteiger partial charge on any atom is 0.328 e. The highest BCUT2D eigenvalue weighted by Crippen LogP contribution is 2.32. The number of aryl methyl sites for hydroxylation is 2. The van der Waals surface area contributed by atoms with E-state index >= 15 is 0 Å². The summed E-state index contributed by atoms with van der Waals surface area (Å²) in [6, 6.07) is 19.4. The Bertz CT molecular complexity index is 1980. The molecular weight excluding hydrogens is 539 g/mol. The van der Waals surface area contributed by atoms with Gasteiger partial charge in [-0.2, -0.15) is 0 Å². The molecule has 0 bridgehead atoms. The molecule has 0 aliphatic carbocycles. The molecule has 1 unspecified atom stereocenters. The highest BCUT2D eigenvalue weighted by Gasteiger charge is 2.17. The van der Waals surface area contributed by atoms with E-state index < -0.39 is 0 Å². The Hall–Kier alpha value is -4.83. The number of nitrogens with one attached hydrogen (secondary N) is 2. The van der Waals surface area contributed by atoms with Gasteiger partial charge in [0.1, 0.15) is 11.6 Å². The zero-order valence-electron chi connectivity index (χ0n) is 22.7. The molecule has 0 aliphatic heterocycles. The van der Waals surface area contributed by atoms with E-state index in [1.165, 1.54) is 12.1 Å². The fourth-order valence-electron chi connectivity index (χ4n) is 4.98. The van der Waals surface area contributed by atoms with E-state index in [9.17, 15) is 14.0 Å². The fraction of sp³-hybridized carbons (Fsp3) is 0.161. The molecule has 6 aromatic rings. The number of hydrogen-bond acceptors (Lipinski definition) is 6. The van der Waals surface area contributed by atoms with Crippen LogP contribution < -0.4 is 16.3 Å². The highest BCUT2D eigenvalue weighted by atomic mass is 32.1. The Morgan fingerprint density at radius 2 is 1.83 bits per heavy atom. The number of imidazole rings is 1. The average Bonchev–Trinajstić information content (AvgIpc) is 3.55. The van der Waals surface area contributed by atoms with Gasteiger partial charge in [0.05, 0.1) is 40.9 Å². The lowest BCUT2D eigenvalue weighted by atomic mass is 10.1. The van der Waals surface area contributed by atoms with E-state index in [1.54, 1.807) is 71.2 Å². The molecule has 0 radical (unpaired) electrons. The summed E-state index contributed by atoms with van der Waals surface area (Å²) >= 11 is 1.64. The molecule has 6 rings (SSSR count). The van der Waals surface area contributed by atoms with E-state index in [4.69, 9.17) is 0 Å². The summed E-state index contributed by atoms with van der Waals surface area (Å²) in [4.78, 5) is 36.7. The third kappa shape index (κ3) is 4.98. The summed E-state index contributed by atoms with van der Waals surface area (Å²) in [5.74, 6) is -0.105. The van der Waals surface area contributed by atoms with Gasteiger partial charge in [-0.05, 0) is 66.6 Å². The molecule has 0 aliphatic rings. The van der Waals surface area contributed by atoms with Crippen molar-refractivity contribution in [3.63, 3.8) is 0 Å². The minimum atomic E-state index is -0.319. The van der Waals surface area contributed by atoms with Gasteiger partial charge >= 0.3 is 5.69 Å². The number of thiophene rings is 1. The summed E-state index contributed by atoms with van der Waals surface area (Å²) in [7, 11) is 3.53. The second kappa shape index (κ2) is 10.6. The van der Waals surface area contributed by atoms with Crippen molar-refractivity contribution < 1.29 is 9.18 Å². The van der Waals surface area contributed by atoms with Crippen LogP contribution in [0.1, 0.15) is 33.8 Å². The van der Waals surface area contributed by atoms with Crippen molar-refractivity contribution in [3.05, 3.63) is 111 Å². The zero-order valence-corrected chi connectivity index (χ0v) is 23.5. The quantitative estimate of drug-likeness (QED) is 0.255. The first-order chi connectivity index (χ1) is 19.8. The number of hydrogen-bond donors (Lipinski definition) is 2. The number of carbonyl (C=O) groups excluding carboxylic acids is 1. The Balaban J connectivity index is 1.20. The predicted octanol–water partition coefficient (Wildman–Crippen LogP) is 5.79. The minimum absolute atomic E-state index is 0.0864. The number of anilines is 1. The largest absolute Gasteiger partial charge is 0.365 e. The predicted molar refractivity (Wildman–Crippen MR) is 161 cm³/mol. The maximum absolute atomic E-state index is 13.3. The van der Waals surface area contributed by atoms with Crippen LogP contribution in [0.2, 0.25) is 0 Å². The first-order valence-electron chi connectivity index (χ1n) is 13.1. The van der Waals surface area contributed by atoms with Crippen LogP contribution in [0.4, 0.5) is 10.2 Å². The van der Waals surface area contributed by atoms with Gasteiger partial charge in [0.15, 0.2) is 0 Å². The lowest BCUT2D eigenvalue weighted by molar-refractivity contribution is 0.0940. The number of carbonyl (C=O) groups is 1. The lowest BCUT2D eigenvalue weighted by Crippen LogP contribution is -2.27. The van der Waals surface area contributed by atoms with E-state index in [1.807, 2.05) is 25.1 Å². The number of amides is 1. The first-order valence-corrected chi connectivity index (χ1v) is 13.9. The van der Waals surface area contributed by atoms with Crippen molar-refractivity contribution >= 4 is 45.0 Å². The highest BCUT2D eigenvalue weighted by molar-refractivity contribution is 7.15. The van der Waals surface area contributed by atoms with Gasteiger partial charge in [-0.25, -0.2) is 14.2 Å². The van der Waals surface area contributed by atoms with Crippen molar-refractivity contribution in [1.29, 1.82) is 0 Å². The molecule has 1 amide bonds. The van der Waals surface area contributed by atoms with Crippen molar-refractivity contribution in [3.8, 4) is 10.4 Å². The molecule has 41 heavy (non-hydrogen) atoms. The molecular formula is C31H27FN6O2S. The van der Waals surface area contributed by atoms with Crippen molar-refractivity contribution in [1.82, 2.24) is 24.4 Å². The van der Waals surface area contributed by atoms with Crippen LogP contribution in [0.5, 0.6) is 0 Å². The second-order valence-electron chi connectivity index (χ2n) is 9.89. The van der Waals surface area contributed by atoms with E-state index in [0.717, 1.165) is 42.8 Å². The first kappa shape index (κ1) is 26.4. The van der Waals surface area contributed by atoms with E-state index in [2.05, 4.69) is 32.7 Å². The summed E-state index contributed by atoms with van der Waals surface area (Å²) in [6.45, 7) is 2.34. The smallest absolute Gasteiger partial charge is 0.328 e. The number of rotatable bonds is 7. The Labute approximate surface area is 239 Å². The fourth-order valence-corrected chi connectivity index (χ4v) is 5.92. The van der Waals surface area contributed by atoms with Gasteiger partial charge in [0, 0.05) is 35.4 Å². The molecule has 0 spiro atoms. The molecule has 1 atom stereocenters. The third-order valence-electron chi connectivity index (χ3n) is 7.24. The molecule has 10 heteroatoms. The van der Waals surface area contributed by atoms with Gasteiger partial charge in [-0.3, -0.25) is 18.9 Å². The molecule has 8 nitrogen and oxygen atoms in total. The summed E-state index contributed by atoms with van der Waals surface area (Å²) < 4.78 is 16.6. The van der Waals surface area contributed by atoms with Gasteiger partial charge in [-0.15, -0.1) is 11.3 Å². The second-order valence-corrected chi connectivity index (χ2v) is 11.1. The normalized spacial score (nSPS) is 12.1. The topological polar surface area (TPSA) is 93.8 Å². The zero-order chi connectivity index (χ0) is 28.7. The molecule has 0 fully saturated rings. The van der Waals surface area contributed by atoms with Gasteiger partial charge < -0.3 is 10.6 Å². The number of halogens is 1. The molecule has 4 aromatic heterocycles. The van der Waals surface area contributed by atoms with Crippen LogP contribution >= 0.6 is 11.3 Å².